The smallest absolute Gasteiger partial charge is 0.219 e. The van der Waals surface area contributed by atoms with Gasteiger partial charge in [-0.3, -0.25) is 4.79 Å². The zero-order valence-corrected chi connectivity index (χ0v) is 12.6. The van der Waals surface area contributed by atoms with Gasteiger partial charge in [0.1, 0.15) is 5.82 Å². The lowest BCUT2D eigenvalue weighted by Gasteiger charge is -2.22. The minimum atomic E-state index is 0.117. The standard InChI is InChI=1S/C17H18N4O/c1-13(22)20-7-4-8-21(10-9-20)17-11-14(12-18)15-5-2-3-6-16(15)19-17/h2-3,5-6,11H,4,7-10H2,1H3. The van der Waals surface area contributed by atoms with Crippen LogP contribution in [0.5, 0.6) is 0 Å². The third-order valence-corrected chi connectivity index (χ3v) is 4.09. The first-order valence-corrected chi connectivity index (χ1v) is 7.49. The van der Waals surface area contributed by atoms with E-state index in [1.54, 1.807) is 6.92 Å². The Morgan fingerprint density at radius 3 is 2.82 bits per heavy atom. The molecule has 112 valence electrons. The van der Waals surface area contributed by atoms with E-state index in [0.29, 0.717) is 12.1 Å². The number of pyridine rings is 1. The van der Waals surface area contributed by atoms with E-state index in [0.717, 1.165) is 42.8 Å². The number of para-hydroxylation sites is 1. The lowest BCUT2D eigenvalue weighted by atomic mass is 10.1. The number of nitriles is 1. The number of amides is 1. The van der Waals surface area contributed by atoms with Crippen LogP contribution in [-0.4, -0.2) is 42.0 Å². The second-order valence-electron chi connectivity index (χ2n) is 5.50. The van der Waals surface area contributed by atoms with Gasteiger partial charge in [0.15, 0.2) is 0 Å². The minimum Gasteiger partial charge on any atom is -0.355 e. The largest absolute Gasteiger partial charge is 0.355 e. The molecule has 5 heteroatoms. The Bertz CT molecular complexity index is 750. The van der Waals surface area contributed by atoms with Crippen LogP contribution in [0.2, 0.25) is 0 Å². The average molecular weight is 294 g/mol. The maximum absolute atomic E-state index is 11.5. The number of carbonyl (C=O) groups is 1. The molecule has 0 bridgehead atoms. The van der Waals surface area contributed by atoms with Gasteiger partial charge in [-0.25, -0.2) is 4.98 Å². The van der Waals surface area contributed by atoms with Crippen LogP contribution in [0.1, 0.15) is 18.9 Å². The van der Waals surface area contributed by atoms with Crippen molar-refractivity contribution in [3.63, 3.8) is 0 Å². The molecule has 2 heterocycles. The first kappa shape index (κ1) is 14.3. The molecule has 22 heavy (non-hydrogen) atoms. The van der Waals surface area contributed by atoms with E-state index in [4.69, 9.17) is 4.98 Å². The van der Waals surface area contributed by atoms with Crippen molar-refractivity contribution in [2.75, 3.05) is 31.1 Å². The molecule has 1 amide bonds. The number of anilines is 1. The molecule has 1 fully saturated rings. The number of fused-ring (bicyclic) bond motifs is 1. The van der Waals surface area contributed by atoms with Crippen LogP contribution in [0.4, 0.5) is 5.82 Å². The van der Waals surface area contributed by atoms with Crippen molar-refractivity contribution >= 4 is 22.6 Å². The third kappa shape index (κ3) is 2.73. The molecule has 0 unspecified atom stereocenters. The van der Waals surface area contributed by atoms with Crippen molar-refractivity contribution in [1.29, 1.82) is 5.26 Å². The summed E-state index contributed by atoms with van der Waals surface area (Å²) in [6, 6.07) is 11.8. The fourth-order valence-corrected chi connectivity index (χ4v) is 2.88. The van der Waals surface area contributed by atoms with Gasteiger partial charge in [-0.2, -0.15) is 5.26 Å². The Kier molecular flexibility index (Phi) is 3.92. The summed E-state index contributed by atoms with van der Waals surface area (Å²) in [6.45, 7) is 4.68. The zero-order valence-electron chi connectivity index (χ0n) is 12.6. The Balaban J connectivity index is 1.93. The summed E-state index contributed by atoms with van der Waals surface area (Å²) in [5.41, 5.74) is 1.48. The Hall–Kier alpha value is -2.61. The van der Waals surface area contributed by atoms with Crippen molar-refractivity contribution in [3.8, 4) is 6.07 Å². The summed E-state index contributed by atoms with van der Waals surface area (Å²) in [5, 5.41) is 10.3. The topological polar surface area (TPSA) is 60.2 Å². The van der Waals surface area contributed by atoms with E-state index in [1.807, 2.05) is 35.2 Å². The lowest BCUT2D eigenvalue weighted by Crippen LogP contribution is -2.33. The second kappa shape index (κ2) is 6.02. The highest BCUT2D eigenvalue weighted by atomic mass is 16.2. The molecule has 0 N–H and O–H groups in total. The van der Waals surface area contributed by atoms with Crippen LogP contribution < -0.4 is 4.90 Å². The molecule has 5 nitrogen and oxygen atoms in total. The summed E-state index contributed by atoms with van der Waals surface area (Å²) in [7, 11) is 0. The van der Waals surface area contributed by atoms with E-state index < -0.39 is 0 Å². The quantitative estimate of drug-likeness (QED) is 0.808. The zero-order chi connectivity index (χ0) is 15.5. The van der Waals surface area contributed by atoms with Crippen LogP contribution in [0, 0.1) is 11.3 Å². The van der Waals surface area contributed by atoms with Crippen LogP contribution in [0.3, 0.4) is 0 Å². The Morgan fingerprint density at radius 1 is 1.23 bits per heavy atom. The molecular formula is C17H18N4O. The summed E-state index contributed by atoms with van der Waals surface area (Å²) in [5.74, 6) is 0.937. The first-order valence-electron chi connectivity index (χ1n) is 7.49. The molecule has 0 radical (unpaired) electrons. The van der Waals surface area contributed by atoms with E-state index in [2.05, 4.69) is 11.0 Å². The minimum absolute atomic E-state index is 0.117. The number of carbonyl (C=O) groups excluding carboxylic acids is 1. The third-order valence-electron chi connectivity index (χ3n) is 4.09. The molecule has 2 aromatic rings. The first-order chi connectivity index (χ1) is 10.7. The molecule has 1 aliphatic rings. The predicted molar refractivity (Wildman–Crippen MR) is 85.5 cm³/mol. The van der Waals surface area contributed by atoms with E-state index in [1.165, 1.54) is 0 Å². The van der Waals surface area contributed by atoms with E-state index in [9.17, 15) is 10.1 Å². The number of hydrogen-bond acceptors (Lipinski definition) is 4. The van der Waals surface area contributed by atoms with E-state index >= 15 is 0 Å². The van der Waals surface area contributed by atoms with Gasteiger partial charge in [0, 0.05) is 38.5 Å². The molecule has 1 aromatic carbocycles. The maximum atomic E-state index is 11.5. The monoisotopic (exact) mass is 294 g/mol. The van der Waals surface area contributed by atoms with Crippen LogP contribution >= 0.6 is 0 Å². The highest BCUT2D eigenvalue weighted by Crippen LogP contribution is 2.23. The van der Waals surface area contributed by atoms with Gasteiger partial charge in [0.25, 0.3) is 0 Å². The highest BCUT2D eigenvalue weighted by molar-refractivity contribution is 5.86. The van der Waals surface area contributed by atoms with Gasteiger partial charge in [0.2, 0.25) is 5.91 Å². The lowest BCUT2D eigenvalue weighted by molar-refractivity contribution is -0.128. The molecule has 3 rings (SSSR count). The van der Waals surface area contributed by atoms with Crippen molar-refractivity contribution in [3.05, 3.63) is 35.9 Å². The van der Waals surface area contributed by atoms with Gasteiger partial charge in [-0.1, -0.05) is 18.2 Å². The van der Waals surface area contributed by atoms with Crippen molar-refractivity contribution < 1.29 is 4.79 Å². The fourth-order valence-electron chi connectivity index (χ4n) is 2.88. The number of hydrogen-bond donors (Lipinski definition) is 0. The van der Waals surface area contributed by atoms with Gasteiger partial charge in [0.05, 0.1) is 17.1 Å². The molecule has 0 aliphatic carbocycles. The van der Waals surface area contributed by atoms with Gasteiger partial charge in [-0.05, 0) is 18.6 Å². The SMILES string of the molecule is CC(=O)N1CCCN(c2cc(C#N)c3ccccc3n2)CC1. The number of rotatable bonds is 1. The summed E-state index contributed by atoms with van der Waals surface area (Å²) in [4.78, 5) is 20.2. The Morgan fingerprint density at radius 2 is 2.05 bits per heavy atom. The molecular weight excluding hydrogens is 276 g/mol. The van der Waals surface area contributed by atoms with Crippen LogP contribution in [0.25, 0.3) is 10.9 Å². The molecule has 0 saturated carbocycles. The molecule has 0 atom stereocenters. The summed E-state index contributed by atoms with van der Waals surface area (Å²) < 4.78 is 0. The molecule has 1 aromatic heterocycles. The molecule has 1 aliphatic heterocycles. The number of aromatic nitrogens is 1. The van der Waals surface area contributed by atoms with Crippen LogP contribution in [-0.2, 0) is 4.79 Å². The maximum Gasteiger partial charge on any atom is 0.219 e. The van der Waals surface area contributed by atoms with Crippen molar-refractivity contribution in [2.45, 2.75) is 13.3 Å². The van der Waals surface area contributed by atoms with Crippen molar-refractivity contribution in [2.24, 2.45) is 0 Å². The van der Waals surface area contributed by atoms with E-state index in [-0.39, 0.29) is 5.91 Å². The normalized spacial score (nSPS) is 15.5. The number of benzene rings is 1. The summed E-state index contributed by atoms with van der Waals surface area (Å²) in [6.07, 6.45) is 0.913. The summed E-state index contributed by atoms with van der Waals surface area (Å²) >= 11 is 0. The highest BCUT2D eigenvalue weighted by Gasteiger charge is 2.18. The van der Waals surface area contributed by atoms with Crippen molar-refractivity contribution in [1.82, 2.24) is 9.88 Å². The second-order valence-corrected chi connectivity index (χ2v) is 5.50. The molecule has 1 saturated heterocycles. The molecule has 0 spiro atoms. The predicted octanol–water partition coefficient (Wildman–Crippen LogP) is 2.17. The van der Waals surface area contributed by atoms with Gasteiger partial charge in [-0.15, -0.1) is 0 Å². The van der Waals surface area contributed by atoms with Gasteiger partial charge >= 0.3 is 0 Å². The van der Waals surface area contributed by atoms with Crippen LogP contribution in [0.15, 0.2) is 30.3 Å². The average Bonchev–Trinajstić information content (AvgIpc) is 2.80. The van der Waals surface area contributed by atoms with Gasteiger partial charge < -0.3 is 9.80 Å². The Labute approximate surface area is 129 Å². The fraction of sp³-hybridized carbons (Fsp3) is 0.353. The number of nitrogens with zero attached hydrogens (tertiary/aromatic N) is 4.